The summed E-state index contributed by atoms with van der Waals surface area (Å²) in [7, 11) is 0. The Balaban J connectivity index is 1.24. The fourth-order valence-electron chi connectivity index (χ4n) is 6.79. The Bertz CT molecular complexity index is 2580. The predicted octanol–water partition coefficient (Wildman–Crippen LogP) is 10.9. The van der Waals surface area contributed by atoms with E-state index >= 15 is 0 Å². The standard InChI is InChI=1S/C38H20N2OS/c1-2-9-21(10-3-1)35-37-36(26-12-5-7-16-32(26)42-37)40-38(39-35)22-17-18-23-24-13-8-14-27-33(24)29(28(23)19-22)20-31-34(27)25-11-4-6-15-30(25)41-31/h1-20H. The summed E-state index contributed by atoms with van der Waals surface area (Å²) in [6.45, 7) is 0. The van der Waals surface area contributed by atoms with E-state index < -0.39 is 0 Å². The van der Waals surface area contributed by atoms with Crippen molar-refractivity contribution in [2.75, 3.05) is 0 Å². The highest BCUT2D eigenvalue weighted by Gasteiger charge is 2.26. The molecule has 0 unspecified atom stereocenters. The molecular formula is C38H20N2OS. The number of furan rings is 1. The zero-order chi connectivity index (χ0) is 27.4. The fraction of sp³-hybridized carbons (Fsp3) is 0. The summed E-state index contributed by atoms with van der Waals surface area (Å²) < 4.78 is 8.72. The Kier molecular flexibility index (Phi) is 4.33. The third-order valence-corrected chi connectivity index (χ3v) is 9.79. The monoisotopic (exact) mass is 552 g/mol. The largest absolute Gasteiger partial charge is 0.456 e. The van der Waals surface area contributed by atoms with Gasteiger partial charge in [-0.15, -0.1) is 11.3 Å². The van der Waals surface area contributed by atoms with Crippen LogP contribution in [0.3, 0.4) is 0 Å². The zero-order valence-electron chi connectivity index (χ0n) is 22.3. The van der Waals surface area contributed by atoms with Gasteiger partial charge in [0.2, 0.25) is 0 Å². The molecule has 0 fully saturated rings. The molecule has 9 aromatic rings. The van der Waals surface area contributed by atoms with Gasteiger partial charge in [0.15, 0.2) is 5.82 Å². The lowest BCUT2D eigenvalue weighted by molar-refractivity contribution is 0.669. The number of hydrogen-bond acceptors (Lipinski definition) is 4. The van der Waals surface area contributed by atoms with Crippen molar-refractivity contribution < 1.29 is 4.42 Å². The van der Waals surface area contributed by atoms with E-state index in [4.69, 9.17) is 14.4 Å². The molecule has 0 saturated carbocycles. The topological polar surface area (TPSA) is 38.9 Å². The summed E-state index contributed by atoms with van der Waals surface area (Å²) in [5, 5.41) is 6.03. The molecule has 0 spiro atoms. The van der Waals surface area contributed by atoms with Crippen molar-refractivity contribution in [3.05, 3.63) is 121 Å². The van der Waals surface area contributed by atoms with Gasteiger partial charge in [0.1, 0.15) is 11.2 Å². The molecule has 42 heavy (non-hydrogen) atoms. The summed E-state index contributed by atoms with van der Waals surface area (Å²) in [4.78, 5) is 10.4. The number of hydrogen-bond donors (Lipinski definition) is 0. The maximum absolute atomic E-state index is 6.38. The Hall–Kier alpha value is -5.32. The van der Waals surface area contributed by atoms with Gasteiger partial charge in [-0.2, -0.15) is 0 Å². The summed E-state index contributed by atoms with van der Waals surface area (Å²) >= 11 is 1.76. The molecule has 194 valence electrons. The zero-order valence-corrected chi connectivity index (χ0v) is 23.1. The van der Waals surface area contributed by atoms with Crippen molar-refractivity contribution >= 4 is 64.4 Å². The SMILES string of the molecule is c1ccc(-c2nc(-c3ccc4c(c3)-c3cc5oc6ccccc6c5c5cccc-4c35)nc3c2sc2ccccc23)cc1. The van der Waals surface area contributed by atoms with E-state index in [1.165, 1.54) is 48.5 Å². The second-order valence-corrected chi connectivity index (χ2v) is 12.0. The number of rotatable bonds is 2. The number of benzene rings is 6. The molecule has 3 nitrogen and oxygen atoms in total. The highest BCUT2D eigenvalue weighted by atomic mass is 32.1. The van der Waals surface area contributed by atoms with Crippen molar-refractivity contribution in [1.82, 2.24) is 9.97 Å². The molecule has 3 heterocycles. The van der Waals surface area contributed by atoms with Crippen LogP contribution >= 0.6 is 11.3 Å². The minimum Gasteiger partial charge on any atom is -0.456 e. The van der Waals surface area contributed by atoms with E-state index in [0.717, 1.165) is 49.4 Å². The average molecular weight is 553 g/mol. The van der Waals surface area contributed by atoms with Gasteiger partial charge in [0, 0.05) is 32.0 Å². The van der Waals surface area contributed by atoms with Gasteiger partial charge in [-0.25, -0.2) is 9.97 Å². The first-order chi connectivity index (χ1) is 20.8. The number of nitrogens with zero attached hydrogens (tertiary/aromatic N) is 2. The normalized spacial score (nSPS) is 12.3. The smallest absolute Gasteiger partial charge is 0.160 e. The molecule has 10 rings (SSSR count). The molecule has 1 aliphatic carbocycles. The molecule has 0 saturated heterocycles. The highest BCUT2D eigenvalue weighted by Crippen LogP contribution is 2.51. The lowest BCUT2D eigenvalue weighted by Gasteiger charge is -2.09. The van der Waals surface area contributed by atoms with Crippen molar-refractivity contribution in [2.24, 2.45) is 0 Å². The summed E-state index contributed by atoms with van der Waals surface area (Å²) in [5.74, 6) is 0.740. The van der Waals surface area contributed by atoms with Crippen molar-refractivity contribution in [2.45, 2.75) is 0 Å². The average Bonchev–Trinajstić information content (AvgIpc) is 3.71. The quantitative estimate of drug-likeness (QED) is 0.214. The van der Waals surface area contributed by atoms with Gasteiger partial charge in [-0.05, 0) is 57.3 Å². The van der Waals surface area contributed by atoms with Crippen LogP contribution in [0.2, 0.25) is 0 Å². The number of para-hydroxylation sites is 1. The molecule has 0 aliphatic heterocycles. The van der Waals surface area contributed by atoms with Crippen LogP contribution in [0.15, 0.2) is 126 Å². The molecule has 6 aromatic carbocycles. The maximum Gasteiger partial charge on any atom is 0.160 e. The molecule has 0 bridgehead atoms. The Morgan fingerprint density at radius 1 is 0.500 bits per heavy atom. The molecule has 0 N–H and O–H groups in total. The predicted molar refractivity (Wildman–Crippen MR) is 175 cm³/mol. The van der Waals surface area contributed by atoms with Crippen LogP contribution in [0.4, 0.5) is 0 Å². The van der Waals surface area contributed by atoms with E-state index in [9.17, 15) is 0 Å². The van der Waals surface area contributed by atoms with E-state index in [1.54, 1.807) is 11.3 Å². The summed E-state index contributed by atoms with van der Waals surface area (Å²) in [5.41, 5.74) is 10.8. The van der Waals surface area contributed by atoms with Crippen LogP contribution in [0.25, 0.3) is 97.9 Å². The Morgan fingerprint density at radius 2 is 1.31 bits per heavy atom. The summed E-state index contributed by atoms with van der Waals surface area (Å²) in [6, 6.07) is 42.8. The van der Waals surface area contributed by atoms with Crippen LogP contribution in [0, 0.1) is 0 Å². The second kappa shape index (κ2) is 8.12. The minimum absolute atomic E-state index is 0.740. The van der Waals surface area contributed by atoms with Crippen molar-refractivity contribution in [3.8, 4) is 44.9 Å². The van der Waals surface area contributed by atoms with Gasteiger partial charge in [0.25, 0.3) is 0 Å². The van der Waals surface area contributed by atoms with E-state index in [-0.39, 0.29) is 0 Å². The van der Waals surface area contributed by atoms with E-state index in [1.807, 2.05) is 12.1 Å². The molecule has 1 aliphatic rings. The lowest BCUT2D eigenvalue weighted by Crippen LogP contribution is -1.94. The molecule has 4 heteroatoms. The minimum atomic E-state index is 0.740. The first-order valence-electron chi connectivity index (χ1n) is 14.1. The van der Waals surface area contributed by atoms with Crippen molar-refractivity contribution in [3.63, 3.8) is 0 Å². The Morgan fingerprint density at radius 3 is 2.24 bits per heavy atom. The third kappa shape index (κ3) is 2.94. The van der Waals surface area contributed by atoms with Gasteiger partial charge >= 0.3 is 0 Å². The van der Waals surface area contributed by atoms with Gasteiger partial charge < -0.3 is 4.42 Å². The van der Waals surface area contributed by atoms with Crippen LogP contribution in [0.1, 0.15) is 0 Å². The van der Waals surface area contributed by atoms with Crippen LogP contribution in [-0.4, -0.2) is 9.97 Å². The third-order valence-electron chi connectivity index (χ3n) is 8.63. The molecular weight excluding hydrogens is 532 g/mol. The first-order valence-corrected chi connectivity index (χ1v) is 14.9. The van der Waals surface area contributed by atoms with Crippen LogP contribution in [0.5, 0.6) is 0 Å². The van der Waals surface area contributed by atoms with Crippen LogP contribution in [-0.2, 0) is 0 Å². The first kappa shape index (κ1) is 22.4. The molecule has 0 radical (unpaired) electrons. The number of aromatic nitrogens is 2. The number of thiophene rings is 1. The molecule has 0 atom stereocenters. The maximum atomic E-state index is 6.38. The molecule has 0 amide bonds. The van der Waals surface area contributed by atoms with E-state index in [2.05, 4.69) is 109 Å². The van der Waals surface area contributed by atoms with Crippen LogP contribution < -0.4 is 0 Å². The lowest BCUT2D eigenvalue weighted by atomic mass is 9.98. The molecule has 3 aromatic heterocycles. The van der Waals surface area contributed by atoms with Crippen molar-refractivity contribution in [1.29, 1.82) is 0 Å². The summed E-state index contributed by atoms with van der Waals surface area (Å²) in [6.07, 6.45) is 0. The Labute approximate surface area is 244 Å². The van der Waals surface area contributed by atoms with Gasteiger partial charge in [-0.1, -0.05) is 97.1 Å². The number of fused-ring (bicyclic) bond motifs is 10. The second-order valence-electron chi connectivity index (χ2n) is 10.9. The fourth-order valence-corrected chi connectivity index (χ4v) is 7.94. The van der Waals surface area contributed by atoms with Gasteiger partial charge in [-0.3, -0.25) is 0 Å². The van der Waals surface area contributed by atoms with E-state index in [0.29, 0.717) is 0 Å². The highest BCUT2D eigenvalue weighted by molar-refractivity contribution is 7.26. The van der Waals surface area contributed by atoms with Gasteiger partial charge in [0.05, 0.1) is 15.9 Å².